The number of benzene rings is 2. The Morgan fingerprint density at radius 2 is 1.80 bits per heavy atom. The Hall–Kier alpha value is -3.99. The Morgan fingerprint density at radius 3 is 2.48 bits per heavy atom. The first-order valence-electron chi connectivity index (χ1n) is 16.1. The van der Waals surface area contributed by atoms with Gasteiger partial charge >= 0.3 is 0 Å². The van der Waals surface area contributed by atoms with Crippen molar-refractivity contribution in [1.29, 1.82) is 0 Å². The zero-order chi connectivity index (χ0) is 32.3. The highest BCUT2D eigenvalue weighted by atomic mass is 31.2. The van der Waals surface area contributed by atoms with E-state index in [2.05, 4.69) is 60.1 Å². The number of ether oxygens (including phenoxy) is 1. The van der Waals surface area contributed by atoms with Crippen molar-refractivity contribution in [2.24, 2.45) is 7.05 Å². The van der Waals surface area contributed by atoms with Gasteiger partial charge in [-0.2, -0.15) is 4.98 Å². The van der Waals surface area contributed by atoms with Crippen LogP contribution in [0.5, 0.6) is 5.75 Å². The fourth-order valence-corrected chi connectivity index (χ4v) is 7.63. The van der Waals surface area contributed by atoms with Crippen molar-refractivity contribution in [2.75, 3.05) is 75.2 Å². The highest BCUT2D eigenvalue weighted by molar-refractivity contribution is 7.70. The van der Waals surface area contributed by atoms with E-state index >= 15 is 0 Å². The number of hydrogen-bond acceptors (Lipinski definition) is 11. The number of aromatic nitrogens is 5. The summed E-state index contributed by atoms with van der Waals surface area (Å²) < 4.78 is 20.7. The minimum atomic E-state index is -2.57. The van der Waals surface area contributed by atoms with Gasteiger partial charge in [0.05, 0.1) is 30.2 Å². The van der Waals surface area contributed by atoms with E-state index in [-0.39, 0.29) is 0 Å². The van der Waals surface area contributed by atoms with E-state index in [4.69, 9.17) is 9.72 Å². The maximum Gasteiger partial charge on any atom is 0.229 e. The molecule has 0 bridgehead atoms. The van der Waals surface area contributed by atoms with Gasteiger partial charge in [0, 0.05) is 75.6 Å². The number of para-hydroxylation sites is 1. The van der Waals surface area contributed by atoms with Crippen LogP contribution in [0.3, 0.4) is 0 Å². The maximum atomic E-state index is 13.1. The Balaban J connectivity index is 1.28. The summed E-state index contributed by atoms with van der Waals surface area (Å²) >= 11 is 0. The molecule has 2 fully saturated rings. The van der Waals surface area contributed by atoms with Crippen molar-refractivity contribution in [2.45, 2.75) is 32.2 Å². The van der Waals surface area contributed by atoms with Crippen LogP contribution in [0.25, 0.3) is 11.3 Å². The number of nitrogens with zero attached hydrogens (tertiary/aromatic N) is 7. The van der Waals surface area contributed by atoms with E-state index in [0.29, 0.717) is 29.1 Å². The van der Waals surface area contributed by atoms with E-state index < -0.39 is 7.14 Å². The molecular weight excluding hydrogens is 599 g/mol. The van der Waals surface area contributed by atoms with Gasteiger partial charge in [0.2, 0.25) is 5.95 Å². The van der Waals surface area contributed by atoms with E-state index in [0.717, 1.165) is 68.1 Å². The smallest absolute Gasteiger partial charge is 0.229 e. The molecule has 13 heteroatoms. The first kappa shape index (κ1) is 32.0. The van der Waals surface area contributed by atoms with Gasteiger partial charge in [-0.05, 0) is 56.4 Å². The number of piperazine rings is 1. The number of hydrogen-bond donors (Lipinski definition) is 3. The van der Waals surface area contributed by atoms with Gasteiger partial charge in [0.25, 0.3) is 0 Å². The standard InChI is InChI=1S/C33H45N10O2P/c1-6-23-19-27(30(45-3)20-29(23)43-15-11-24(12-16-43)42-17-13-34-14-18-42)37-33-35-21-25(28-22-41(2)40-39-28)32(38-33)36-26-9-7-8-10-31(26)46(4,5)44/h7-10,19-22,24,34H,6,11-18H2,1-5H3,(H2,35,36,37,38). The normalized spacial score (nSPS) is 16.4. The molecule has 12 nitrogen and oxygen atoms in total. The minimum Gasteiger partial charge on any atom is -0.494 e. The van der Waals surface area contributed by atoms with Crippen LogP contribution in [0.4, 0.5) is 28.8 Å². The van der Waals surface area contributed by atoms with Crippen molar-refractivity contribution in [3.8, 4) is 17.0 Å². The Labute approximate surface area is 271 Å². The lowest BCUT2D eigenvalue weighted by Crippen LogP contribution is -2.52. The number of aryl methyl sites for hydroxylation is 2. The second-order valence-electron chi connectivity index (χ2n) is 12.4. The molecule has 0 aliphatic carbocycles. The fourth-order valence-electron chi connectivity index (χ4n) is 6.47. The number of rotatable bonds is 10. The van der Waals surface area contributed by atoms with Crippen LogP contribution in [0.1, 0.15) is 25.3 Å². The van der Waals surface area contributed by atoms with E-state index in [1.54, 1.807) is 31.3 Å². The molecule has 2 aliphatic rings. The molecule has 0 amide bonds. The van der Waals surface area contributed by atoms with Crippen LogP contribution in [-0.2, 0) is 18.0 Å². The molecule has 2 aliphatic heterocycles. The van der Waals surface area contributed by atoms with Gasteiger partial charge in [-0.25, -0.2) is 4.98 Å². The zero-order valence-corrected chi connectivity index (χ0v) is 28.3. The molecule has 0 spiro atoms. The van der Waals surface area contributed by atoms with E-state index in [9.17, 15) is 4.57 Å². The number of anilines is 5. The third-order valence-electron chi connectivity index (χ3n) is 8.91. The quantitative estimate of drug-likeness (QED) is 0.212. The monoisotopic (exact) mass is 644 g/mol. The minimum absolute atomic E-state index is 0.397. The summed E-state index contributed by atoms with van der Waals surface area (Å²) in [6, 6.07) is 12.6. The molecule has 0 saturated carbocycles. The first-order chi connectivity index (χ1) is 22.2. The molecule has 2 saturated heterocycles. The first-order valence-corrected chi connectivity index (χ1v) is 18.7. The number of nitrogens with one attached hydrogen (secondary N) is 3. The van der Waals surface area contributed by atoms with Crippen LogP contribution in [-0.4, -0.2) is 95.6 Å². The lowest BCUT2D eigenvalue weighted by Gasteiger charge is -2.41. The average Bonchev–Trinajstić information content (AvgIpc) is 3.50. The van der Waals surface area contributed by atoms with Crippen molar-refractivity contribution >= 4 is 41.3 Å². The van der Waals surface area contributed by atoms with Crippen molar-refractivity contribution in [1.82, 2.24) is 35.2 Å². The molecule has 0 atom stereocenters. The predicted molar refractivity (Wildman–Crippen MR) is 186 cm³/mol. The highest BCUT2D eigenvalue weighted by Crippen LogP contribution is 2.40. The van der Waals surface area contributed by atoms with E-state index in [1.807, 2.05) is 37.5 Å². The summed E-state index contributed by atoms with van der Waals surface area (Å²) in [7, 11) is 0.943. The van der Waals surface area contributed by atoms with Crippen molar-refractivity contribution < 1.29 is 9.30 Å². The summed E-state index contributed by atoms with van der Waals surface area (Å²) in [5, 5.41) is 19.5. The fraction of sp³-hybridized carbons (Fsp3) is 0.455. The predicted octanol–water partition coefficient (Wildman–Crippen LogP) is 4.45. The topological polar surface area (TPSA) is 125 Å². The molecule has 2 aromatic heterocycles. The van der Waals surface area contributed by atoms with Gasteiger partial charge in [-0.1, -0.05) is 24.3 Å². The summed E-state index contributed by atoms with van der Waals surface area (Å²) in [5.41, 5.74) is 5.29. The summed E-state index contributed by atoms with van der Waals surface area (Å²) in [4.78, 5) is 14.7. The van der Waals surface area contributed by atoms with Crippen molar-refractivity contribution in [3.63, 3.8) is 0 Å². The van der Waals surface area contributed by atoms with E-state index in [1.165, 1.54) is 24.1 Å². The molecule has 4 aromatic rings. The van der Waals surface area contributed by atoms with Crippen LogP contribution >= 0.6 is 7.14 Å². The number of piperidine rings is 1. The molecule has 0 unspecified atom stereocenters. The number of methoxy groups -OCH3 is 1. The molecule has 46 heavy (non-hydrogen) atoms. The lowest BCUT2D eigenvalue weighted by atomic mass is 9.99. The lowest BCUT2D eigenvalue weighted by molar-refractivity contribution is 0.150. The van der Waals surface area contributed by atoms with Crippen LogP contribution < -0.4 is 30.9 Å². The van der Waals surface area contributed by atoms with Gasteiger partial charge < -0.3 is 30.2 Å². The summed E-state index contributed by atoms with van der Waals surface area (Å²) in [5.74, 6) is 1.65. The van der Waals surface area contributed by atoms with Crippen LogP contribution in [0, 0.1) is 0 Å². The highest BCUT2D eigenvalue weighted by Gasteiger charge is 2.27. The molecule has 3 N–H and O–H groups in total. The molecule has 0 radical (unpaired) electrons. The SMILES string of the molecule is CCc1cc(Nc2ncc(-c3cn(C)nn3)c(Nc3ccccc3P(C)(C)=O)n2)c(OC)cc1N1CCC(N2CCNCC2)CC1. The summed E-state index contributed by atoms with van der Waals surface area (Å²) in [6.45, 7) is 12.2. The molecule has 244 valence electrons. The summed E-state index contributed by atoms with van der Waals surface area (Å²) in [6.07, 6.45) is 6.76. The third-order valence-corrected chi connectivity index (χ3v) is 10.5. The maximum absolute atomic E-state index is 13.1. The van der Waals surface area contributed by atoms with Gasteiger partial charge in [-0.3, -0.25) is 9.58 Å². The molecular formula is C33H45N10O2P. The third kappa shape index (κ3) is 7.04. The molecule has 2 aromatic carbocycles. The van der Waals surface area contributed by atoms with Crippen LogP contribution in [0.2, 0.25) is 0 Å². The zero-order valence-electron chi connectivity index (χ0n) is 27.5. The molecule has 6 rings (SSSR count). The van der Waals surface area contributed by atoms with Gasteiger partial charge in [0.15, 0.2) is 0 Å². The van der Waals surface area contributed by atoms with Gasteiger partial charge in [-0.15, -0.1) is 5.10 Å². The molecule has 4 heterocycles. The average molecular weight is 645 g/mol. The Bertz CT molecular complexity index is 1710. The Morgan fingerprint density at radius 1 is 1.04 bits per heavy atom. The van der Waals surface area contributed by atoms with Crippen molar-refractivity contribution in [3.05, 3.63) is 54.4 Å². The Kier molecular flexibility index (Phi) is 9.58. The largest absolute Gasteiger partial charge is 0.494 e. The van der Waals surface area contributed by atoms with Gasteiger partial charge in [0.1, 0.15) is 24.4 Å². The second-order valence-corrected chi connectivity index (χ2v) is 15.6. The second kappa shape index (κ2) is 13.8. The van der Waals surface area contributed by atoms with Crippen LogP contribution in [0.15, 0.2) is 48.8 Å².